The number of rotatable bonds is 4. The van der Waals surface area contributed by atoms with Crippen molar-refractivity contribution < 1.29 is 14.6 Å². The maximum atomic E-state index is 11.0. The van der Waals surface area contributed by atoms with Gasteiger partial charge in [0.15, 0.2) is 0 Å². The Bertz CT molecular complexity index is 300. The normalized spacial score (nSPS) is 11.9. The van der Waals surface area contributed by atoms with E-state index in [1.807, 2.05) is 30.3 Å². The molecule has 1 atom stereocenters. The van der Waals surface area contributed by atoms with Gasteiger partial charge in [-0.05, 0) is 12.5 Å². The Morgan fingerprint density at radius 1 is 1.47 bits per heavy atom. The minimum atomic E-state index is -0.911. The van der Waals surface area contributed by atoms with E-state index < -0.39 is 12.3 Å². The summed E-state index contributed by atoms with van der Waals surface area (Å²) in [5, 5.41) is 11.8. The van der Waals surface area contributed by atoms with Crippen molar-refractivity contribution in [3.8, 4) is 0 Å². The third kappa shape index (κ3) is 4.46. The molecule has 2 N–H and O–H groups in total. The molecule has 1 aromatic carbocycles. The predicted molar refractivity (Wildman–Crippen MR) is 56.3 cm³/mol. The molecule has 0 fully saturated rings. The smallest absolute Gasteiger partial charge is 0.409 e. The molecule has 1 amide bonds. The van der Waals surface area contributed by atoms with Crippen molar-refractivity contribution >= 4 is 6.09 Å². The molecule has 1 aromatic rings. The van der Waals surface area contributed by atoms with Crippen LogP contribution in [0.15, 0.2) is 30.3 Å². The van der Waals surface area contributed by atoms with E-state index >= 15 is 0 Å². The number of aliphatic hydroxyl groups is 1. The van der Waals surface area contributed by atoms with E-state index in [4.69, 9.17) is 0 Å². The number of amides is 1. The molecule has 0 bridgehead atoms. The van der Waals surface area contributed by atoms with Gasteiger partial charge in [0.1, 0.15) is 6.23 Å². The van der Waals surface area contributed by atoms with Crippen molar-refractivity contribution in [1.82, 2.24) is 5.32 Å². The van der Waals surface area contributed by atoms with Crippen molar-refractivity contribution in [1.29, 1.82) is 0 Å². The second kappa shape index (κ2) is 6.03. The van der Waals surface area contributed by atoms with Gasteiger partial charge < -0.3 is 9.84 Å². The van der Waals surface area contributed by atoms with E-state index in [2.05, 4.69) is 10.1 Å². The van der Waals surface area contributed by atoms with Crippen molar-refractivity contribution in [3.63, 3.8) is 0 Å². The van der Waals surface area contributed by atoms with Gasteiger partial charge in [-0.15, -0.1) is 0 Å². The maximum absolute atomic E-state index is 11.0. The number of aliphatic hydroxyl groups excluding tert-OH is 1. The topological polar surface area (TPSA) is 58.6 Å². The molecule has 0 aliphatic heterocycles. The van der Waals surface area contributed by atoms with Crippen LogP contribution in [-0.4, -0.2) is 24.0 Å². The van der Waals surface area contributed by atoms with Crippen LogP contribution in [0.1, 0.15) is 12.5 Å². The summed E-state index contributed by atoms with van der Waals surface area (Å²) in [4.78, 5) is 11.0. The van der Waals surface area contributed by atoms with Crippen LogP contribution in [-0.2, 0) is 11.2 Å². The molecule has 4 nitrogen and oxygen atoms in total. The summed E-state index contributed by atoms with van der Waals surface area (Å²) >= 11 is 0. The molecule has 1 rings (SSSR count). The molecule has 82 valence electrons. The molecule has 0 saturated heterocycles. The fourth-order valence-corrected chi connectivity index (χ4v) is 1.20. The van der Waals surface area contributed by atoms with Gasteiger partial charge in [-0.25, -0.2) is 4.79 Å². The lowest BCUT2D eigenvalue weighted by Crippen LogP contribution is -2.36. The molecule has 0 aliphatic carbocycles. The van der Waals surface area contributed by atoms with Gasteiger partial charge in [-0.3, -0.25) is 5.32 Å². The van der Waals surface area contributed by atoms with Crippen LogP contribution in [0.25, 0.3) is 0 Å². The zero-order chi connectivity index (χ0) is 11.1. The van der Waals surface area contributed by atoms with Crippen LogP contribution >= 0.6 is 0 Å². The van der Waals surface area contributed by atoms with Crippen LogP contribution in [0, 0.1) is 0 Å². The van der Waals surface area contributed by atoms with Gasteiger partial charge >= 0.3 is 6.09 Å². The Morgan fingerprint density at radius 3 is 2.73 bits per heavy atom. The first-order chi connectivity index (χ1) is 7.22. The van der Waals surface area contributed by atoms with Crippen molar-refractivity contribution in [2.45, 2.75) is 19.6 Å². The minimum Gasteiger partial charge on any atom is -0.450 e. The molecule has 0 aromatic heterocycles. The average Bonchev–Trinajstić information content (AvgIpc) is 2.19. The Labute approximate surface area is 88.9 Å². The molecule has 0 radical (unpaired) electrons. The van der Waals surface area contributed by atoms with E-state index in [1.165, 1.54) is 0 Å². The minimum absolute atomic E-state index is 0.296. The van der Waals surface area contributed by atoms with E-state index in [9.17, 15) is 9.90 Å². The number of nitrogens with one attached hydrogen (secondary N) is 1. The van der Waals surface area contributed by atoms with Gasteiger partial charge in [0.2, 0.25) is 0 Å². The SMILES string of the molecule is CCOC(=O)NC(O)Cc1ccccc1. The van der Waals surface area contributed by atoms with Crippen LogP contribution < -0.4 is 5.32 Å². The predicted octanol–water partition coefficient (Wildman–Crippen LogP) is 1.29. The Morgan fingerprint density at radius 2 is 2.13 bits per heavy atom. The number of carbonyl (C=O) groups excluding carboxylic acids is 1. The first-order valence-corrected chi connectivity index (χ1v) is 4.87. The van der Waals surface area contributed by atoms with Gasteiger partial charge in [0, 0.05) is 6.42 Å². The second-order valence-corrected chi connectivity index (χ2v) is 3.07. The number of ether oxygens (including phenoxy) is 1. The fraction of sp³-hybridized carbons (Fsp3) is 0.364. The lowest BCUT2D eigenvalue weighted by Gasteiger charge is -2.12. The first kappa shape index (κ1) is 11.5. The molecular weight excluding hydrogens is 194 g/mol. The number of hydrogen-bond donors (Lipinski definition) is 2. The summed E-state index contributed by atoms with van der Waals surface area (Å²) in [6.07, 6.45) is -1.13. The largest absolute Gasteiger partial charge is 0.450 e. The molecule has 0 spiro atoms. The summed E-state index contributed by atoms with van der Waals surface area (Å²) in [5.41, 5.74) is 0.960. The molecule has 4 heteroatoms. The van der Waals surface area contributed by atoms with E-state index in [0.29, 0.717) is 13.0 Å². The molecule has 0 heterocycles. The average molecular weight is 209 g/mol. The second-order valence-electron chi connectivity index (χ2n) is 3.07. The van der Waals surface area contributed by atoms with Gasteiger partial charge in [-0.1, -0.05) is 30.3 Å². The van der Waals surface area contributed by atoms with E-state index in [1.54, 1.807) is 6.92 Å². The quantitative estimate of drug-likeness (QED) is 0.735. The molecule has 0 saturated carbocycles. The van der Waals surface area contributed by atoms with E-state index in [-0.39, 0.29) is 0 Å². The molecule has 0 aliphatic rings. The van der Waals surface area contributed by atoms with Crippen molar-refractivity contribution in [2.75, 3.05) is 6.61 Å². The summed E-state index contributed by atoms with van der Waals surface area (Å²) < 4.78 is 4.64. The number of alkyl carbamates (subject to hydrolysis) is 1. The van der Waals surface area contributed by atoms with E-state index in [0.717, 1.165) is 5.56 Å². The highest BCUT2D eigenvalue weighted by molar-refractivity contribution is 5.67. The molecule has 15 heavy (non-hydrogen) atoms. The van der Waals surface area contributed by atoms with Crippen LogP contribution in [0.4, 0.5) is 4.79 Å². The fourth-order valence-electron chi connectivity index (χ4n) is 1.20. The van der Waals surface area contributed by atoms with Gasteiger partial charge in [0.25, 0.3) is 0 Å². The Hall–Kier alpha value is -1.55. The van der Waals surface area contributed by atoms with Gasteiger partial charge in [0.05, 0.1) is 6.61 Å². The maximum Gasteiger partial charge on any atom is 0.409 e. The zero-order valence-electron chi connectivity index (χ0n) is 8.64. The van der Waals surface area contributed by atoms with Crippen molar-refractivity contribution in [3.05, 3.63) is 35.9 Å². The highest BCUT2D eigenvalue weighted by Gasteiger charge is 2.09. The number of hydrogen-bond acceptors (Lipinski definition) is 3. The Balaban J connectivity index is 2.36. The van der Waals surface area contributed by atoms with Crippen LogP contribution in [0.3, 0.4) is 0 Å². The highest BCUT2D eigenvalue weighted by Crippen LogP contribution is 2.01. The first-order valence-electron chi connectivity index (χ1n) is 4.87. The summed E-state index contributed by atoms with van der Waals surface area (Å²) in [5.74, 6) is 0. The molecular formula is C11H15NO3. The monoisotopic (exact) mass is 209 g/mol. The van der Waals surface area contributed by atoms with Crippen molar-refractivity contribution in [2.24, 2.45) is 0 Å². The third-order valence-corrected chi connectivity index (χ3v) is 1.83. The Kier molecular flexibility index (Phi) is 4.63. The van der Waals surface area contributed by atoms with Gasteiger partial charge in [-0.2, -0.15) is 0 Å². The molecule has 1 unspecified atom stereocenters. The lowest BCUT2D eigenvalue weighted by atomic mass is 10.1. The highest BCUT2D eigenvalue weighted by atomic mass is 16.5. The summed E-state index contributed by atoms with van der Waals surface area (Å²) in [6.45, 7) is 2.01. The number of benzene rings is 1. The summed E-state index contributed by atoms with van der Waals surface area (Å²) in [6, 6.07) is 9.43. The van der Waals surface area contributed by atoms with Crippen LogP contribution in [0.2, 0.25) is 0 Å². The standard InChI is InChI=1S/C11H15NO3/c1-2-15-11(14)12-10(13)8-9-6-4-3-5-7-9/h3-7,10,13H,2,8H2,1H3,(H,12,14). The van der Waals surface area contributed by atoms with Crippen LogP contribution in [0.5, 0.6) is 0 Å². The zero-order valence-corrected chi connectivity index (χ0v) is 8.64. The lowest BCUT2D eigenvalue weighted by molar-refractivity contribution is 0.102. The number of carbonyl (C=O) groups is 1. The third-order valence-electron chi connectivity index (χ3n) is 1.83. The summed E-state index contributed by atoms with van der Waals surface area (Å²) in [7, 11) is 0.